The topological polar surface area (TPSA) is 61.3 Å². The molecule has 0 heterocycles. The third-order valence-corrected chi connectivity index (χ3v) is 2.25. The molecule has 6 heteroatoms. The maximum absolute atomic E-state index is 12.1. The average molecular weight is 267 g/mol. The van der Waals surface area contributed by atoms with Crippen molar-refractivity contribution >= 4 is 12.4 Å². The smallest absolute Gasteiger partial charge is 0.387 e. The summed E-state index contributed by atoms with van der Waals surface area (Å²) in [6.07, 6.45) is 1.41. The minimum atomic E-state index is -2.83. The lowest BCUT2D eigenvalue weighted by atomic mass is 10.0. The Morgan fingerprint density at radius 3 is 2.47 bits per heavy atom. The van der Waals surface area contributed by atoms with Gasteiger partial charge in [-0.1, -0.05) is 18.2 Å². The Kier molecular flexibility index (Phi) is 7.78. The van der Waals surface area contributed by atoms with E-state index in [4.69, 9.17) is 11.5 Å². The van der Waals surface area contributed by atoms with Crippen LogP contribution in [-0.2, 0) is 0 Å². The quantitative estimate of drug-likeness (QED) is 0.831. The zero-order chi connectivity index (χ0) is 12.0. The summed E-state index contributed by atoms with van der Waals surface area (Å²) in [7, 11) is 0. The van der Waals surface area contributed by atoms with E-state index >= 15 is 0 Å². The highest BCUT2D eigenvalue weighted by Gasteiger charge is 2.14. The summed E-state index contributed by atoms with van der Waals surface area (Å²) >= 11 is 0. The lowest BCUT2D eigenvalue weighted by molar-refractivity contribution is -0.0506. The molecule has 3 nitrogen and oxygen atoms in total. The second-order valence-corrected chi connectivity index (χ2v) is 3.45. The third-order valence-electron chi connectivity index (χ3n) is 2.25. The van der Waals surface area contributed by atoms with Crippen LogP contribution < -0.4 is 16.2 Å². The molecule has 98 valence electrons. The number of para-hydroxylation sites is 1. The molecule has 0 spiro atoms. The molecule has 0 aromatic heterocycles. The van der Waals surface area contributed by atoms with Crippen molar-refractivity contribution in [3.63, 3.8) is 0 Å². The molecule has 0 saturated carbocycles. The van der Waals surface area contributed by atoms with Crippen molar-refractivity contribution in [2.45, 2.75) is 25.5 Å². The normalized spacial score (nSPS) is 12.1. The monoisotopic (exact) mass is 266 g/mol. The average Bonchev–Trinajstić information content (AvgIpc) is 2.26. The summed E-state index contributed by atoms with van der Waals surface area (Å²) in [5, 5.41) is 0. The highest BCUT2D eigenvalue weighted by Crippen LogP contribution is 2.27. The number of benzene rings is 1. The van der Waals surface area contributed by atoms with E-state index in [0.717, 1.165) is 6.42 Å². The molecule has 0 saturated heterocycles. The number of hydrogen-bond donors (Lipinski definition) is 2. The van der Waals surface area contributed by atoms with Crippen LogP contribution in [0.25, 0.3) is 0 Å². The van der Waals surface area contributed by atoms with E-state index in [2.05, 4.69) is 4.74 Å². The fourth-order valence-corrected chi connectivity index (χ4v) is 1.48. The van der Waals surface area contributed by atoms with Gasteiger partial charge in [-0.2, -0.15) is 8.78 Å². The van der Waals surface area contributed by atoms with Gasteiger partial charge < -0.3 is 16.2 Å². The van der Waals surface area contributed by atoms with Crippen LogP contribution in [0.1, 0.15) is 24.4 Å². The van der Waals surface area contributed by atoms with Gasteiger partial charge in [-0.25, -0.2) is 0 Å². The molecule has 0 radical (unpaired) electrons. The van der Waals surface area contributed by atoms with Crippen molar-refractivity contribution in [1.29, 1.82) is 0 Å². The van der Waals surface area contributed by atoms with Gasteiger partial charge in [0, 0.05) is 11.6 Å². The van der Waals surface area contributed by atoms with Gasteiger partial charge in [0.15, 0.2) is 0 Å². The minimum absolute atomic E-state index is 0. The van der Waals surface area contributed by atoms with Crippen molar-refractivity contribution in [1.82, 2.24) is 0 Å². The lowest BCUT2D eigenvalue weighted by Crippen LogP contribution is -2.15. The molecule has 4 N–H and O–H groups in total. The SMILES string of the molecule is Cl.NCCC[C@H](N)c1ccccc1OC(F)F. The van der Waals surface area contributed by atoms with Gasteiger partial charge in [0.05, 0.1) is 0 Å². The molecule has 0 bridgehead atoms. The van der Waals surface area contributed by atoms with Crippen LogP contribution in [0, 0.1) is 0 Å². The fraction of sp³-hybridized carbons (Fsp3) is 0.455. The molecule has 0 aliphatic carbocycles. The van der Waals surface area contributed by atoms with E-state index in [9.17, 15) is 8.78 Å². The zero-order valence-electron chi connectivity index (χ0n) is 9.31. The number of ether oxygens (including phenoxy) is 1. The Labute approximate surface area is 106 Å². The lowest BCUT2D eigenvalue weighted by Gasteiger charge is -2.16. The van der Waals surface area contributed by atoms with Gasteiger partial charge in [-0.3, -0.25) is 0 Å². The number of rotatable bonds is 6. The number of halogens is 3. The Hall–Kier alpha value is -0.910. The van der Waals surface area contributed by atoms with Gasteiger partial charge in [0.1, 0.15) is 5.75 Å². The first kappa shape index (κ1) is 16.1. The molecule has 0 aliphatic heterocycles. The van der Waals surface area contributed by atoms with Gasteiger partial charge in [-0.05, 0) is 25.5 Å². The second-order valence-electron chi connectivity index (χ2n) is 3.45. The fourth-order valence-electron chi connectivity index (χ4n) is 1.48. The van der Waals surface area contributed by atoms with Crippen LogP contribution in [0.2, 0.25) is 0 Å². The molecule has 1 aromatic carbocycles. The molecule has 0 fully saturated rings. The second kappa shape index (κ2) is 8.22. The van der Waals surface area contributed by atoms with Crippen molar-refractivity contribution in [2.75, 3.05) is 6.54 Å². The predicted molar refractivity (Wildman–Crippen MR) is 65.5 cm³/mol. The summed E-state index contributed by atoms with van der Waals surface area (Å²) in [6.45, 7) is -2.30. The van der Waals surface area contributed by atoms with Crippen molar-refractivity contribution < 1.29 is 13.5 Å². The van der Waals surface area contributed by atoms with Gasteiger partial charge in [0.2, 0.25) is 0 Å². The maximum atomic E-state index is 12.1. The van der Waals surface area contributed by atoms with Crippen LogP contribution in [-0.4, -0.2) is 13.2 Å². The molecule has 0 aliphatic rings. The predicted octanol–water partition coefficient (Wildman–Crippen LogP) is 2.45. The van der Waals surface area contributed by atoms with Crippen LogP contribution in [0.5, 0.6) is 5.75 Å². The first-order valence-corrected chi connectivity index (χ1v) is 5.14. The van der Waals surface area contributed by atoms with Gasteiger partial charge >= 0.3 is 6.61 Å². The van der Waals surface area contributed by atoms with Crippen molar-refractivity contribution in [3.8, 4) is 5.75 Å². The Morgan fingerprint density at radius 1 is 1.24 bits per heavy atom. The molecule has 0 unspecified atom stereocenters. The van der Waals surface area contributed by atoms with E-state index in [-0.39, 0.29) is 24.2 Å². The van der Waals surface area contributed by atoms with Gasteiger partial charge in [0.25, 0.3) is 0 Å². The molecular weight excluding hydrogens is 250 g/mol. The van der Waals surface area contributed by atoms with E-state index in [1.54, 1.807) is 18.2 Å². The summed E-state index contributed by atoms with van der Waals surface area (Å²) in [5.41, 5.74) is 11.8. The van der Waals surface area contributed by atoms with E-state index in [1.165, 1.54) is 6.07 Å². The first-order chi connectivity index (χ1) is 7.65. The highest BCUT2D eigenvalue weighted by atomic mass is 35.5. The Bertz CT molecular complexity index is 326. The largest absolute Gasteiger partial charge is 0.434 e. The number of nitrogens with two attached hydrogens (primary N) is 2. The highest BCUT2D eigenvalue weighted by molar-refractivity contribution is 5.85. The first-order valence-electron chi connectivity index (χ1n) is 5.14. The van der Waals surface area contributed by atoms with Crippen LogP contribution in [0.4, 0.5) is 8.78 Å². The van der Waals surface area contributed by atoms with Gasteiger partial charge in [-0.15, -0.1) is 12.4 Å². The zero-order valence-corrected chi connectivity index (χ0v) is 10.1. The standard InChI is InChI=1S/C11H16F2N2O.ClH/c12-11(13)16-10-6-2-1-4-8(10)9(15)5-3-7-14;/h1-2,4,6,9,11H,3,5,7,14-15H2;1H/t9-;/m0./s1. The summed E-state index contributed by atoms with van der Waals surface area (Å²) in [6, 6.07) is 6.24. The maximum Gasteiger partial charge on any atom is 0.387 e. The third kappa shape index (κ3) is 5.30. The Morgan fingerprint density at radius 2 is 1.88 bits per heavy atom. The van der Waals surface area contributed by atoms with Crippen molar-refractivity contribution in [3.05, 3.63) is 29.8 Å². The molecule has 1 aromatic rings. The summed E-state index contributed by atoms with van der Waals surface area (Å²) in [5.74, 6) is 0.141. The minimum Gasteiger partial charge on any atom is -0.434 e. The van der Waals surface area contributed by atoms with Crippen LogP contribution in [0.3, 0.4) is 0 Å². The molecule has 1 atom stereocenters. The molecular formula is C11H17ClF2N2O. The van der Waals surface area contributed by atoms with E-state index in [0.29, 0.717) is 18.5 Å². The van der Waals surface area contributed by atoms with Crippen LogP contribution >= 0.6 is 12.4 Å². The number of alkyl halides is 2. The molecule has 0 amide bonds. The molecule has 1 rings (SSSR count). The van der Waals surface area contributed by atoms with E-state index in [1.807, 2.05) is 0 Å². The molecule has 17 heavy (non-hydrogen) atoms. The van der Waals surface area contributed by atoms with Crippen molar-refractivity contribution in [2.24, 2.45) is 11.5 Å². The number of hydrogen-bond acceptors (Lipinski definition) is 3. The van der Waals surface area contributed by atoms with E-state index < -0.39 is 6.61 Å². The Balaban J connectivity index is 0.00000256. The summed E-state index contributed by atoms with van der Waals surface area (Å²) < 4.78 is 28.7. The summed E-state index contributed by atoms with van der Waals surface area (Å²) in [4.78, 5) is 0. The van der Waals surface area contributed by atoms with Crippen LogP contribution in [0.15, 0.2) is 24.3 Å².